The highest BCUT2D eigenvalue weighted by atomic mass is 19.1. The number of hydrogen-bond donors (Lipinski definition) is 0. The highest BCUT2D eigenvalue weighted by molar-refractivity contribution is 4.98. The van der Waals surface area contributed by atoms with Crippen LogP contribution in [0.3, 0.4) is 0 Å². The summed E-state index contributed by atoms with van der Waals surface area (Å²) in [7, 11) is 0. The Morgan fingerprint density at radius 1 is 1.42 bits per heavy atom. The fourth-order valence-electron chi connectivity index (χ4n) is 1.12. The lowest BCUT2D eigenvalue weighted by Gasteiger charge is -2.28. The van der Waals surface area contributed by atoms with Crippen LogP contribution < -0.4 is 0 Å². The average Bonchev–Trinajstić information content (AvgIpc) is 2.08. The van der Waals surface area contributed by atoms with Gasteiger partial charge in [-0.1, -0.05) is 26.0 Å². The van der Waals surface area contributed by atoms with Crippen LogP contribution in [-0.4, -0.2) is 30.2 Å². The van der Waals surface area contributed by atoms with Gasteiger partial charge >= 0.3 is 0 Å². The van der Waals surface area contributed by atoms with E-state index in [0.29, 0.717) is 12.6 Å². The Morgan fingerprint density at radius 2 is 2.00 bits per heavy atom. The predicted octanol–water partition coefficient (Wildman–Crippen LogP) is 2.63. The second kappa shape index (κ2) is 6.18. The van der Waals surface area contributed by atoms with Gasteiger partial charge in [-0.2, -0.15) is 0 Å². The van der Waals surface area contributed by atoms with E-state index in [2.05, 4.69) is 18.7 Å². The summed E-state index contributed by atoms with van der Waals surface area (Å²) in [5.41, 5.74) is 0. The zero-order valence-corrected chi connectivity index (χ0v) is 8.55. The van der Waals surface area contributed by atoms with Crippen molar-refractivity contribution in [3.8, 4) is 0 Å². The molecule has 0 amide bonds. The highest BCUT2D eigenvalue weighted by Gasteiger charge is 2.15. The molecule has 1 heterocycles. The Labute approximate surface area is 75.3 Å². The molecule has 0 radical (unpaired) electrons. The third-order valence-corrected chi connectivity index (χ3v) is 1.82. The van der Waals surface area contributed by atoms with E-state index >= 15 is 0 Å². The number of rotatable bonds is 1. The van der Waals surface area contributed by atoms with Crippen molar-refractivity contribution >= 4 is 0 Å². The molecule has 1 rings (SSSR count). The molecular formula is C10H20FN. The summed E-state index contributed by atoms with van der Waals surface area (Å²) in [4.78, 5) is 2.12. The molecule has 0 bridgehead atoms. The molecule has 0 saturated carbocycles. The Kier molecular flexibility index (Phi) is 5.99. The summed E-state index contributed by atoms with van der Waals surface area (Å²) >= 11 is 0. The lowest BCUT2D eigenvalue weighted by molar-refractivity contribution is 0.184. The number of nitrogens with zero attached hydrogens (tertiary/aromatic N) is 1. The van der Waals surface area contributed by atoms with E-state index in [9.17, 15) is 4.39 Å². The summed E-state index contributed by atoms with van der Waals surface area (Å²) in [6.45, 7) is 9.64. The molecule has 0 aromatic heterocycles. The molecule has 0 aliphatic carbocycles. The van der Waals surface area contributed by atoms with Crippen molar-refractivity contribution in [1.82, 2.24) is 4.90 Å². The van der Waals surface area contributed by atoms with Crippen molar-refractivity contribution in [3.63, 3.8) is 0 Å². The molecule has 0 saturated heterocycles. The lowest BCUT2D eigenvalue weighted by atomic mass is 10.2. The average molecular weight is 173 g/mol. The van der Waals surface area contributed by atoms with Crippen LogP contribution in [0.1, 0.15) is 27.7 Å². The second-order valence-corrected chi connectivity index (χ2v) is 2.99. The van der Waals surface area contributed by atoms with Crippen molar-refractivity contribution in [2.75, 3.05) is 13.1 Å². The summed E-state index contributed by atoms with van der Waals surface area (Å²) in [5, 5.41) is 0. The molecule has 2 heteroatoms. The van der Waals surface area contributed by atoms with Gasteiger partial charge in [0.25, 0.3) is 0 Å². The topological polar surface area (TPSA) is 3.24 Å². The Balaban J connectivity index is 0.000000561. The first-order valence-corrected chi connectivity index (χ1v) is 4.75. The molecule has 1 unspecified atom stereocenters. The SMILES string of the molecule is CC.CC(C)N1CC=CC(F)C1. The van der Waals surface area contributed by atoms with Crippen LogP contribution >= 0.6 is 0 Å². The van der Waals surface area contributed by atoms with Crippen LogP contribution in [0.25, 0.3) is 0 Å². The van der Waals surface area contributed by atoms with Crippen LogP contribution in [0.15, 0.2) is 12.2 Å². The van der Waals surface area contributed by atoms with Crippen molar-refractivity contribution < 1.29 is 4.39 Å². The van der Waals surface area contributed by atoms with Gasteiger partial charge in [0.2, 0.25) is 0 Å². The van der Waals surface area contributed by atoms with Gasteiger partial charge in [-0.25, -0.2) is 4.39 Å². The molecule has 72 valence electrons. The van der Waals surface area contributed by atoms with Crippen molar-refractivity contribution in [2.45, 2.75) is 39.9 Å². The van der Waals surface area contributed by atoms with Crippen LogP contribution in [0.4, 0.5) is 4.39 Å². The zero-order valence-electron chi connectivity index (χ0n) is 8.55. The van der Waals surface area contributed by atoms with Gasteiger partial charge in [0.1, 0.15) is 6.17 Å². The smallest absolute Gasteiger partial charge is 0.131 e. The number of alkyl halides is 1. The standard InChI is InChI=1S/C8H14FN.C2H6/c1-7(2)10-5-3-4-8(9)6-10;1-2/h3-4,7-8H,5-6H2,1-2H3;1-2H3. The molecule has 1 aliphatic heterocycles. The summed E-state index contributed by atoms with van der Waals surface area (Å²) in [5.74, 6) is 0. The van der Waals surface area contributed by atoms with E-state index < -0.39 is 6.17 Å². The predicted molar refractivity (Wildman–Crippen MR) is 52.1 cm³/mol. The first-order chi connectivity index (χ1) is 5.70. The van der Waals surface area contributed by atoms with Crippen molar-refractivity contribution in [2.24, 2.45) is 0 Å². The van der Waals surface area contributed by atoms with E-state index in [1.54, 1.807) is 6.08 Å². The Bertz CT molecular complexity index is 132. The van der Waals surface area contributed by atoms with Gasteiger partial charge in [0.15, 0.2) is 0 Å². The van der Waals surface area contributed by atoms with E-state index in [-0.39, 0.29) is 0 Å². The first kappa shape index (κ1) is 11.6. The van der Waals surface area contributed by atoms with Gasteiger partial charge in [0, 0.05) is 19.1 Å². The highest BCUT2D eigenvalue weighted by Crippen LogP contribution is 2.08. The lowest BCUT2D eigenvalue weighted by Crippen LogP contribution is -2.38. The molecule has 1 aliphatic rings. The minimum atomic E-state index is -0.754. The van der Waals surface area contributed by atoms with Crippen molar-refractivity contribution in [1.29, 1.82) is 0 Å². The van der Waals surface area contributed by atoms with Gasteiger partial charge < -0.3 is 0 Å². The molecule has 0 spiro atoms. The minimum absolute atomic E-state index is 0.461. The molecule has 0 N–H and O–H groups in total. The summed E-state index contributed by atoms with van der Waals surface area (Å²) in [6, 6.07) is 0.461. The molecule has 0 aromatic carbocycles. The molecule has 12 heavy (non-hydrogen) atoms. The minimum Gasteiger partial charge on any atom is -0.294 e. The maximum atomic E-state index is 12.7. The van der Waals surface area contributed by atoms with Crippen LogP contribution in [0, 0.1) is 0 Å². The fraction of sp³-hybridized carbons (Fsp3) is 0.800. The van der Waals surface area contributed by atoms with Crippen LogP contribution in [0.5, 0.6) is 0 Å². The van der Waals surface area contributed by atoms with Gasteiger partial charge in [-0.15, -0.1) is 0 Å². The molecule has 0 aromatic rings. The maximum absolute atomic E-state index is 12.7. The van der Waals surface area contributed by atoms with Crippen LogP contribution in [0.2, 0.25) is 0 Å². The molecule has 0 fully saturated rings. The molecular weight excluding hydrogens is 153 g/mol. The zero-order chi connectivity index (χ0) is 9.56. The molecule has 1 nitrogen and oxygen atoms in total. The van der Waals surface area contributed by atoms with E-state index in [1.165, 1.54) is 0 Å². The Morgan fingerprint density at radius 3 is 2.33 bits per heavy atom. The maximum Gasteiger partial charge on any atom is 0.131 e. The van der Waals surface area contributed by atoms with Gasteiger partial charge in [-0.3, -0.25) is 4.90 Å². The fourth-order valence-corrected chi connectivity index (χ4v) is 1.12. The Hall–Kier alpha value is -0.370. The monoisotopic (exact) mass is 173 g/mol. The number of halogens is 1. The van der Waals surface area contributed by atoms with Gasteiger partial charge in [-0.05, 0) is 13.8 Å². The largest absolute Gasteiger partial charge is 0.294 e. The summed E-state index contributed by atoms with van der Waals surface area (Å²) in [6.07, 6.45) is 2.78. The third kappa shape index (κ3) is 3.86. The first-order valence-electron chi connectivity index (χ1n) is 4.75. The van der Waals surface area contributed by atoms with E-state index in [1.807, 2.05) is 19.9 Å². The van der Waals surface area contributed by atoms with Gasteiger partial charge in [0.05, 0.1) is 0 Å². The number of hydrogen-bond acceptors (Lipinski definition) is 1. The summed E-state index contributed by atoms with van der Waals surface area (Å²) < 4.78 is 12.7. The normalized spacial score (nSPS) is 23.7. The van der Waals surface area contributed by atoms with E-state index in [0.717, 1.165) is 6.54 Å². The van der Waals surface area contributed by atoms with E-state index in [4.69, 9.17) is 0 Å². The third-order valence-electron chi connectivity index (χ3n) is 1.82. The molecule has 1 atom stereocenters. The quantitative estimate of drug-likeness (QED) is 0.551. The second-order valence-electron chi connectivity index (χ2n) is 2.99. The van der Waals surface area contributed by atoms with Crippen molar-refractivity contribution in [3.05, 3.63) is 12.2 Å². The van der Waals surface area contributed by atoms with Crippen LogP contribution in [-0.2, 0) is 0 Å².